The number of nitrogens with one attached hydrogen (secondary N) is 1. The molecule has 6 heteroatoms. The number of amides is 2. The molecule has 2 atom stereocenters. The van der Waals surface area contributed by atoms with Crippen molar-refractivity contribution in [2.45, 2.75) is 26.7 Å². The molecule has 2 amide bonds. The van der Waals surface area contributed by atoms with Gasteiger partial charge in [-0.3, -0.25) is 14.4 Å². The van der Waals surface area contributed by atoms with Crippen LogP contribution in [0.1, 0.15) is 26.7 Å². The van der Waals surface area contributed by atoms with Gasteiger partial charge >= 0.3 is 5.97 Å². The Bertz CT molecular complexity index is 683. The maximum Gasteiger partial charge on any atom is 0.307 e. The molecule has 1 saturated carbocycles. The Kier molecular flexibility index (Phi) is 3.62. The highest BCUT2D eigenvalue weighted by Gasteiger charge is 2.65. The first-order chi connectivity index (χ1) is 10.8. The zero-order valence-electron chi connectivity index (χ0n) is 13.2. The molecule has 2 N–H and O–H groups in total. The van der Waals surface area contributed by atoms with Gasteiger partial charge in [0, 0.05) is 24.3 Å². The van der Waals surface area contributed by atoms with Crippen LogP contribution in [0.25, 0.3) is 0 Å². The standard InChI is InChI=1S/C17H20N2O4/c1-17(2)13(14(17)16(22)23)15(21)18-10-5-3-6-11(9-10)19-8-4-7-12(19)20/h3,5-6,9,13-14H,4,7-8H2,1-2H3,(H,18,21)(H,22,23)/t13-,14+/m1/s1. The van der Waals surface area contributed by atoms with Crippen molar-refractivity contribution < 1.29 is 19.5 Å². The largest absolute Gasteiger partial charge is 0.481 e. The summed E-state index contributed by atoms with van der Waals surface area (Å²) >= 11 is 0. The highest BCUT2D eigenvalue weighted by Crippen LogP contribution is 2.58. The average molecular weight is 316 g/mol. The summed E-state index contributed by atoms with van der Waals surface area (Å²) in [5.41, 5.74) is 0.813. The fourth-order valence-electron chi connectivity index (χ4n) is 3.48. The average Bonchev–Trinajstić information content (AvgIpc) is 2.83. The van der Waals surface area contributed by atoms with E-state index < -0.39 is 23.2 Å². The monoisotopic (exact) mass is 316 g/mol. The van der Waals surface area contributed by atoms with Gasteiger partial charge in [-0.05, 0) is 30.0 Å². The minimum Gasteiger partial charge on any atom is -0.481 e. The molecule has 3 rings (SSSR count). The second-order valence-corrected chi connectivity index (χ2v) is 6.80. The van der Waals surface area contributed by atoms with Gasteiger partial charge in [0.15, 0.2) is 0 Å². The van der Waals surface area contributed by atoms with Gasteiger partial charge in [0.2, 0.25) is 11.8 Å². The van der Waals surface area contributed by atoms with Crippen LogP contribution in [0.4, 0.5) is 11.4 Å². The second-order valence-electron chi connectivity index (χ2n) is 6.80. The van der Waals surface area contributed by atoms with Crippen LogP contribution >= 0.6 is 0 Å². The van der Waals surface area contributed by atoms with Gasteiger partial charge in [-0.25, -0.2) is 0 Å². The van der Waals surface area contributed by atoms with Gasteiger partial charge in [-0.1, -0.05) is 19.9 Å². The van der Waals surface area contributed by atoms with E-state index in [1.165, 1.54) is 0 Å². The lowest BCUT2D eigenvalue weighted by atomic mass is 10.1. The number of carbonyl (C=O) groups is 3. The molecular weight excluding hydrogens is 296 g/mol. The van der Waals surface area contributed by atoms with E-state index in [1.807, 2.05) is 6.07 Å². The molecule has 0 unspecified atom stereocenters. The Balaban J connectivity index is 1.73. The number of nitrogens with zero attached hydrogens (tertiary/aromatic N) is 1. The number of carboxylic acid groups (broad SMARTS) is 1. The van der Waals surface area contributed by atoms with Crippen LogP contribution in [-0.2, 0) is 14.4 Å². The maximum atomic E-state index is 12.3. The zero-order chi connectivity index (χ0) is 16.8. The number of anilines is 2. The minimum absolute atomic E-state index is 0.0859. The van der Waals surface area contributed by atoms with Crippen LogP contribution in [0.5, 0.6) is 0 Å². The molecule has 1 aliphatic carbocycles. The van der Waals surface area contributed by atoms with Crippen molar-refractivity contribution >= 4 is 29.2 Å². The smallest absolute Gasteiger partial charge is 0.307 e. The molecule has 1 heterocycles. The van der Waals surface area contributed by atoms with Crippen LogP contribution in [0.2, 0.25) is 0 Å². The molecule has 1 aromatic rings. The molecule has 1 aromatic carbocycles. The summed E-state index contributed by atoms with van der Waals surface area (Å²) in [7, 11) is 0. The van der Waals surface area contributed by atoms with Crippen molar-refractivity contribution in [3.05, 3.63) is 24.3 Å². The third kappa shape index (κ3) is 2.69. The van der Waals surface area contributed by atoms with E-state index in [0.29, 0.717) is 18.7 Å². The van der Waals surface area contributed by atoms with Gasteiger partial charge in [0.1, 0.15) is 0 Å². The first kappa shape index (κ1) is 15.5. The van der Waals surface area contributed by atoms with Crippen molar-refractivity contribution in [3.8, 4) is 0 Å². The van der Waals surface area contributed by atoms with Crippen molar-refractivity contribution in [3.63, 3.8) is 0 Å². The summed E-state index contributed by atoms with van der Waals surface area (Å²) in [6.45, 7) is 4.26. The van der Waals surface area contributed by atoms with Crippen LogP contribution < -0.4 is 10.2 Å². The first-order valence-corrected chi connectivity index (χ1v) is 7.76. The van der Waals surface area contributed by atoms with Crippen molar-refractivity contribution in [2.75, 3.05) is 16.8 Å². The predicted molar refractivity (Wildman–Crippen MR) is 85.1 cm³/mol. The van der Waals surface area contributed by atoms with E-state index in [0.717, 1.165) is 12.1 Å². The van der Waals surface area contributed by atoms with Gasteiger partial charge in [0.05, 0.1) is 11.8 Å². The SMILES string of the molecule is CC1(C)[C@H](C(=O)O)[C@@H]1C(=O)Nc1cccc(N2CCCC2=O)c1. The van der Waals surface area contributed by atoms with Gasteiger partial charge in [0.25, 0.3) is 0 Å². The normalized spacial score (nSPS) is 25.3. The highest BCUT2D eigenvalue weighted by molar-refractivity contribution is 6.01. The van der Waals surface area contributed by atoms with E-state index in [4.69, 9.17) is 5.11 Å². The third-order valence-electron chi connectivity index (χ3n) is 4.87. The number of hydrogen-bond acceptors (Lipinski definition) is 3. The van der Waals surface area contributed by atoms with Crippen LogP contribution in [-0.4, -0.2) is 29.4 Å². The molecule has 0 radical (unpaired) electrons. The number of carbonyl (C=O) groups excluding carboxylic acids is 2. The molecule has 1 aliphatic heterocycles. The van der Waals surface area contributed by atoms with E-state index >= 15 is 0 Å². The Morgan fingerprint density at radius 1 is 1.30 bits per heavy atom. The molecule has 0 bridgehead atoms. The van der Waals surface area contributed by atoms with E-state index in [1.54, 1.807) is 36.9 Å². The third-order valence-corrected chi connectivity index (χ3v) is 4.87. The molecular formula is C17H20N2O4. The Morgan fingerprint density at radius 3 is 2.61 bits per heavy atom. The number of rotatable bonds is 4. The summed E-state index contributed by atoms with van der Waals surface area (Å²) in [6.07, 6.45) is 1.39. The maximum absolute atomic E-state index is 12.3. The van der Waals surface area contributed by atoms with Crippen molar-refractivity contribution in [1.29, 1.82) is 0 Å². The molecule has 23 heavy (non-hydrogen) atoms. The highest BCUT2D eigenvalue weighted by atomic mass is 16.4. The molecule has 0 aromatic heterocycles. The van der Waals surface area contributed by atoms with Gasteiger partial charge < -0.3 is 15.3 Å². The fourth-order valence-corrected chi connectivity index (χ4v) is 3.48. The Morgan fingerprint density at radius 2 is 2.04 bits per heavy atom. The van der Waals surface area contributed by atoms with Crippen LogP contribution in [0, 0.1) is 17.3 Å². The first-order valence-electron chi connectivity index (χ1n) is 7.76. The van der Waals surface area contributed by atoms with E-state index in [-0.39, 0.29) is 11.8 Å². The predicted octanol–water partition coefficient (Wildman–Crippen LogP) is 2.11. The molecule has 1 saturated heterocycles. The molecule has 6 nitrogen and oxygen atoms in total. The number of hydrogen-bond donors (Lipinski definition) is 2. The summed E-state index contributed by atoms with van der Waals surface area (Å²) < 4.78 is 0. The molecule has 0 spiro atoms. The van der Waals surface area contributed by atoms with Gasteiger partial charge in [-0.15, -0.1) is 0 Å². The Hall–Kier alpha value is -2.37. The Labute approximate surface area is 134 Å². The number of benzene rings is 1. The number of carboxylic acids is 1. The van der Waals surface area contributed by atoms with Gasteiger partial charge in [-0.2, -0.15) is 0 Å². The quantitative estimate of drug-likeness (QED) is 0.890. The van der Waals surface area contributed by atoms with Crippen molar-refractivity contribution in [2.24, 2.45) is 17.3 Å². The van der Waals surface area contributed by atoms with Crippen LogP contribution in [0.3, 0.4) is 0 Å². The topological polar surface area (TPSA) is 86.7 Å². The molecule has 2 aliphatic rings. The van der Waals surface area contributed by atoms with E-state index in [2.05, 4.69) is 5.32 Å². The van der Waals surface area contributed by atoms with Crippen molar-refractivity contribution in [1.82, 2.24) is 0 Å². The lowest BCUT2D eigenvalue weighted by Gasteiger charge is -2.17. The fraction of sp³-hybridized carbons (Fsp3) is 0.471. The second kappa shape index (κ2) is 5.37. The summed E-state index contributed by atoms with van der Waals surface area (Å²) in [4.78, 5) is 37.0. The summed E-state index contributed by atoms with van der Waals surface area (Å²) in [5.74, 6) is -2.32. The minimum atomic E-state index is -0.938. The zero-order valence-corrected chi connectivity index (χ0v) is 13.2. The van der Waals surface area contributed by atoms with Crippen LogP contribution in [0.15, 0.2) is 24.3 Å². The molecule has 2 fully saturated rings. The van der Waals surface area contributed by atoms with E-state index in [9.17, 15) is 14.4 Å². The molecule has 122 valence electrons. The lowest BCUT2D eigenvalue weighted by molar-refractivity contribution is -0.140. The lowest BCUT2D eigenvalue weighted by Crippen LogP contribution is -2.24. The summed E-state index contributed by atoms with van der Waals surface area (Å²) in [5, 5.41) is 11.9. The number of aliphatic carboxylic acids is 1. The summed E-state index contributed by atoms with van der Waals surface area (Å²) in [6, 6.07) is 7.11.